The van der Waals surface area contributed by atoms with Crippen molar-refractivity contribution in [1.82, 2.24) is 4.98 Å². The van der Waals surface area contributed by atoms with E-state index >= 15 is 0 Å². The summed E-state index contributed by atoms with van der Waals surface area (Å²) in [7, 11) is 1.70. The maximum Gasteiger partial charge on any atom is 0.123 e. The molecule has 0 saturated carbocycles. The summed E-state index contributed by atoms with van der Waals surface area (Å²) in [6, 6.07) is 8.30. The molecule has 1 aromatic carbocycles. The number of benzene rings is 1. The molecule has 0 atom stereocenters. The van der Waals surface area contributed by atoms with Gasteiger partial charge in [0.2, 0.25) is 0 Å². The Morgan fingerprint density at radius 1 is 1.20 bits per heavy atom. The van der Waals surface area contributed by atoms with Crippen LogP contribution in [-0.4, -0.2) is 25.3 Å². The minimum Gasteiger partial charge on any atom is -0.385 e. The average molecular weight is 312 g/mol. The molecule has 0 saturated heterocycles. The quantitative estimate of drug-likeness (QED) is 0.543. The predicted molar refractivity (Wildman–Crippen MR) is 83.3 cm³/mol. The third-order valence-corrected chi connectivity index (χ3v) is 4.01. The Kier molecular flexibility index (Phi) is 6.47. The molecule has 2 rings (SSSR count). The van der Waals surface area contributed by atoms with Crippen LogP contribution < -0.4 is 0 Å². The molecule has 0 aliphatic heterocycles. The predicted octanol–water partition coefficient (Wildman–Crippen LogP) is 4.10. The largest absolute Gasteiger partial charge is 0.385 e. The third-order valence-electron chi connectivity index (χ3n) is 2.80. The van der Waals surface area contributed by atoms with Crippen LogP contribution in [0.3, 0.4) is 0 Å². The van der Waals surface area contributed by atoms with Crippen molar-refractivity contribution in [3.8, 4) is 10.6 Å². The van der Waals surface area contributed by atoms with Gasteiger partial charge in [-0.05, 0) is 12.0 Å². The lowest BCUT2D eigenvalue weighted by atomic mass is 10.1. The van der Waals surface area contributed by atoms with Gasteiger partial charge in [0.05, 0.1) is 18.2 Å². The van der Waals surface area contributed by atoms with Crippen molar-refractivity contribution in [2.75, 3.05) is 20.3 Å². The van der Waals surface area contributed by atoms with Crippen LogP contribution in [0.1, 0.15) is 17.7 Å². The highest BCUT2D eigenvalue weighted by molar-refractivity contribution is 7.13. The van der Waals surface area contributed by atoms with Gasteiger partial charge < -0.3 is 9.47 Å². The van der Waals surface area contributed by atoms with E-state index in [9.17, 15) is 0 Å². The minimum absolute atomic E-state index is 0.462. The van der Waals surface area contributed by atoms with Crippen molar-refractivity contribution in [2.45, 2.75) is 18.9 Å². The molecule has 0 amide bonds. The average Bonchev–Trinajstić information content (AvgIpc) is 2.97. The molecule has 0 bridgehead atoms. The lowest BCUT2D eigenvalue weighted by Gasteiger charge is -2.05. The first-order valence-corrected chi connectivity index (χ1v) is 7.91. The van der Waals surface area contributed by atoms with Gasteiger partial charge in [-0.3, -0.25) is 0 Å². The molecule has 1 heterocycles. The summed E-state index contributed by atoms with van der Waals surface area (Å²) >= 11 is 7.38. The zero-order valence-corrected chi connectivity index (χ0v) is 13.0. The van der Waals surface area contributed by atoms with E-state index in [-0.39, 0.29) is 0 Å². The smallest absolute Gasteiger partial charge is 0.123 e. The second kappa shape index (κ2) is 8.37. The maximum absolute atomic E-state index is 5.77. The normalized spacial score (nSPS) is 10.9. The van der Waals surface area contributed by atoms with E-state index in [1.807, 2.05) is 5.38 Å². The molecule has 0 radical (unpaired) electrons. The van der Waals surface area contributed by atoms with Crippen LogP contribution in [0.5, 0.6) is 0 Å². The molecule has 3 nitrogen and oxygen atoms in total. The Bertz CT molecular complexity index is 513. The van der Waals surface area contributed by atoms with Crippen molar-refractivity contribution in [1.29, 1.82) is 0 Å². The fraction of sp³-hybridized carbons (Fsp3) is 0.400. The molecule has 20 heavy (non-hydrogen) atoms. The highest BCUT2D eigenvalue weighted by Crippen LogP contribution is 2.24. The second-order valence-electron chi connectivity index (χ2n) is 4.37. The highest BCUT2D eigenvalue weighted by atomic mass is 35.5. The SMILES string of the molecule is COCCCOCc1ccc(-c2nc(CCl)cs2)cc1. The summed E-state index contributed by atoms with van der Waals surface area (Å²) in [5.74, 6) is 0.462. The van der Waals surface area contributed by atoms with Gasteiger partial charge >= 0.3 is 0 Å². The fourth-order valence-electron chi connectivity index (χ4n) is 1.74. The standard InChI is InChI=1S/C15H18ClNO2S/c1-18-7-2-8-19-10-12-3-5-13(6-4-12)15-17-14(9-16)11-20-15/h3-6,11H,2,7-10H2,1H3. The van der Waals surface area contributed by atoms with Crippen molar-refractivity contribution < 1.29 is 9.47 Å². The summed E-state index contributed by atoms with van der Waals surface area (Å²) in [6.45, 7) is 2.10. The van der Waals surface area contributed by atoms with Gasteiger partial charge in [-0.25, -0.2) is 4.98 Å². The van der Waals surface area contributed by atoms with Gasteiger partial charge in [-0.15, -0.1) is 22.9 Å². The number of nitrogens with zero attached hydrogens (tertiary/aromatic N) is 1. The lowest BCUT2D eigenvalue weighted by molar-refractivity contribution is 0.0929. The lowest BCUT2D eigenvalue weighted by Crippen LogP contribution is -1.99. The molecule has 5 heteroatoms. The van der Waals surface area contributed by atoms with E-state index in [4.69, 9.17) is 21.1 Å². The van der Waals surface area contributed by atoms with E-state index in [1.165, 1.54) is 5.56 Å². The van der Waals surface area contributed by atoms with Gasteiger partial charge in [-0.1, -0.05) is 24.3 Å². The third kappa shape index (κ3) is 4.56. The first-order valence-electron chi connectivity index (χ1n) is 6.50. The number of hydrogen-bond acceptors (Lipinski definition) is 4. The number of ether oxygens (including phenoxy) is 2. The monoisotopic (exact) mass is 311 g/mol. The van der Waals surface area contributed by atoms with E-state index in [1.54, 1.807) is 18.4 Å². The number of alkyl halides is 1. The Morgan fingerprint density at radius 2 is 2.00 bits per heavy atom. The van der Waals surface area contributed by atoms with Gasteiger partial charge in [0.15, 0.2) is 0 Å². The number of aromatic nitrogens is 1. The van der Waals surface area contributed by atoms with Gasteiger partial charge in [0, 0.05) is 31.3 Å². The number of rotatable bonds is 8. The molecule has 2 aromatic rings. The number of thiazole rings is 1. The molecule has 0 unspecified atom stereocenters. The summed E-state index contributed by atoms with van der Waals surface area (Å²) in [5.41, 5.74) is 3.21. The fourth-order valence-corrected chi connectivity index (χ4v) is 2.79. The summed E-state index contributed by atoms with van der Waals surface area (Å²) in [6.07, 6.45) is 0.925. The summed E-state index contributed by atoms with van der Waals surface area (Å²) in [5, 5.41) is 3.00. The van der Waals surface area contributed by atoms with Crippen LogP contribution in [0.25, 0.3) is 10.6 Å². The van der Waals surface area contributed by atoms with Crippen LogP contribution in [-0.2, 0) is 22.0 Å². The maximum atomic E-state index is 5.77. The molecule has 0 N–H and O–H groups in total. The molecule has 108 valence electrons. The van der Waals surface area contributed by atoms with Crippen LogP contribution >= 0.6 is 22.9 Å². The summed E-state index contributed by atoms with van der Waals surface area (Å²) < 4.78 is 10.6. The number of halogens is 1. The van der Waals surface area contributed by atoms with E-state index in [0.717, 1.165) is 35.9 Å². The number of methoxy groups -OCH3 is 1. The van der Waals surface area contributed by atoms with Crippen LogP contribution in [0.4, 0.5) is 0 Å². The Balaban J connectivity index is 1.86. The second-order valence-corrected chi connectivity index (χ2v) is 5.50. The Morgan fingerprint density at radius 3 is 2.65 bits per heavy atom. The minimum atomic E-state index is 0.462. The van der Waals surface area contributed by atoms with Gasteiger partial charge in [0.1, 0.15) is 5.01 Å². The first-order chi connectivity index (χ1) is 9.83. The molecule has 0 fully saturated rings. The first kappa shape index (κ1) is 15.4. The zero-order chi connectivity index (χ0) is 14.2. The molecule has 0 spiro atoms. The van der Waals surface area contributed by atoms with Gasteiger partial charge in [0.25, 0.3) is 0 Å². The van der Waals surface area contributed by atoms with Crippen molar-refractivity contribution in [3.63, 3.8) is 0 Å². The van der Waals surface area contributed by atoms with E-state index < -0.39 is 0 Å². The van der Waals surface area contributed by atoms with E-state index in [2.05, 4.69) is 29.2 Å². The zero-order valence-electron chi connectivity index (χ0n) is 11.5. The summed E-state index contributed by atoms with van der Waals surface area (Å²) in [4.78, 5) is 4.47. The van der Waals surface area contributed by atoms with Crippen molar-refractivity contribution in [3.05, 3.63) is 40.9 Å². The molecular formula is C15H18ClNO2S. The van der Waals surface area contributed by atoms with Crippen LogP contribution in [0.15, 0.2) is 29.6 Å². The van der Waals surface area contributed by atoms with Crippen molar-refractivity contribution >= 4 is 22.9 Å². The molecule has 0 aliphatic rings. The van der Waals surface area contributed by atoms with Gasteiger partial charge in [-0.2, -0.15) is 0 Å². The van der Waals surface area contributed by atoms with Crippen LogP contribution in [0.2, 0.25) is 0 Å². The molecule has 0 aliphatic carbocycles. The Labute approximate surface area is 128 Å². The van der Waals surface area contributed by atoms with Crippen LogP contribution in [0, 0.1) is 0 Å². The van der Waals surface area contributed by atoms with Crippen molar-refractivity contribution in [2.24, 2.45) is 0 Å². The Hall–Kier alpha value is -0.940. The van der Waals surface area contributed by atoms with E-state index in [0.29, 0.717) is 12.5 Å². The topological polar surface area (TPSA) is 31.4 Å². The highest BCUT2D eigenvalue weighted by Gasteiger charge is 2.04. The molecular weight excluding hydrogens is 294 g/mol. The number of hydrogen-bond donors (Lipinski definition) is 0. The molecule has 1 aromatic heterocycles.